The monoisotopic (exact) mass is 162 g/mol. The molecule has 7 heteroatoms. The molecule has 0 aromatic rings. The number of hydrogen-bond donors (Lipinski definition) is 1. The molecule has 1 unspecified atom stereocenters. The smallest absolute Gasteiger partial charge is 0.291 e. The maximum absolute atomic E-state index is 11.6. The van der Waals surface area contributed by atoms with E-state index in [0.29, 0.717) is 0 Å². The molecule has 0 spiro atoms. The van der Waals surface area contributed by atoms with E-state index in [4.69, 9.17) is 4.55 Å². The van der Waals surface area contributed by atoms with Crippen LogP contribution < -0.4 is 0 Å². The molecule has 0 aromatic heterocycles. The molecule has 0 radical (unpaired) electrons. The Balaban J connectivity index is 3.15. The Kier molecular flexibility index (Phi) is 1.08. The third-order valence-corrected chi connectivity index (χ3v) is 1.80. The van der Waals surface area contributed by atoms with Crippen molar-refractivity contribution in [3.63, 3.8) is 0 Å². The van der Waals surface area contributed by atoms with Gasteiger partial charge in [0.15, 0.2) is 0 Å². The highest BCUT2D eigenvalue weighted by molar-refractivity contribution is 7.94. The molecule has 1 aliphatic heterocycles. The zero-order valence-electron chi connectivity index (χ0n) is 3.81. The molecule has 0 saturated carbocycles. The lowest BCUT2D eigenvalue weighted by Gasteiger charge is -2.23. The van der Waals surface area contributed by atoms with Gasteiger partial charge in [-0.05, 0) is 0 Å². The Labute approximate surface area is 48.5 Å². The maximum atomic E-state index is 11.6. The van der Waals surface area contributed by atoms with Crippen molar-refractivity contribution in [3.8, 4) is 0 Å². The Hall–Kier alpha value is -0.270. The molecule has 0 amide bonds. The average molecular weight is 162 g/mol. The highest BCUT2D eigenvalue weighted by atomic mass is 32.2. The molecule has 9 heavy (non-hydrogen) atoms. The van der Waals surface area contributed by atoms with E-state index in [-0.39, 0.29) is 0 Å². The van der Waals surface area contributed by atoms with Crippen molar-refractivity contribution in [1.29, 1.82) is 0 Å². The van der Waals surface area contributed by atoms with Crippen molar-refractivity contribution < 1.29 is 26.1 Å². The number of hydrogen-bond acceptors (Lipinski definition) is 2. The molecule has 0 aromatic carbocycles. The fourth-order valence-corrected chi connectivity index (χ4v) is 0.982. The Morgan fingerprint density at radius 1 is 1.67 bits per heavy atom. The van der Waals surface area contributed by atoms with Crippen LogP contribution in [0.2, 0.25) is 0 Å². The fourth-order valence-electron chi connectivity index (χ4n) is 0.327. The van der Waals surface area contributed by atoms with E-state index in [9.17, 15) is 17.4 Å². The lowest BCUT2D eigenvalue weighted by Crippen LogP contribution is -2.46. The van der Waals surface area contributed by atoms with E-state index in [1.165, 1.54) is 0 Å². The van der Waals surface area contributed by atoms with E-state index in [1.807, 2.05) is 0 Å². The van der Waals surface area contributed by atoms with Crippen LogP contribution in [0.15, 0.2) is 0 Å². The average Bonchev–Trinajstić information content (AvgIpc) is 1.63. The Bertz CT molecular complexity index is 250. The first-order valence-corrected chi connectivity index (χ1v) is 3.18. The molecule has 1 atom stereocenters. The zero-order chi connectivity index (χ0) is 7.28. The second-order valence-electron chi connectivity index (χ2n) is 1.35. The van der Waals surface area contributed by atoms with Crippen LogP contribution in [-0.4, -0.2) is 20.0 Å². The highest BCUT2D eigenvalue weighted by Gasteiger charge is 2.55. The van der Waals surface area contributed by atoms with Gasteiger partial charge in [-0.25, -0.2) is 4.21 Å². The summed E-state index contributed by atoms with van der Waals surface area (Å²) < 4.78 is 55.2. The summed E-state index contributed by atoms with van der Waals surface area (Å²) in [6, 6.07) is 0. The summed E-state index contributed by atoms with van der Waals surface area (Å²) in [4.78, 5) is 0. The molecule has 0 aliphatic carbocycles. The van der Waals surface area contributed by atoms with E-state index in [1.54, 1.807) is 0 Å². The van der Waals surface area contributed by atoms with Crippen molar-refractivity contribution in [2.24, 2.45) is 0 Å². The summed E-state index contributed by atoms with van der Waals surface area (Å²) in [6.07, 6.45) is -4.16. The van der Waals surface area contributed by atoms with Crippen molar-refractivity contribution in [2.75, 3.05) is 0 Å². The van der Waals surface area contributed by atoms with E-state index in [2.05, 4.69) is 4.18 Å². The predicted molar refractivity (Wildman–Crippen MR) is 22.9 cm³/mol. The largest absolute Gasteiger partial charge is 0.435 e. The molecular formula is C2HF3O3S. The lowest BCUT2D eigenvalue weighted by atomic mass is 10.7. The quantitative estimate of drug-likeness (QED) is 0.413. The van der Waals surface area contributed by atoms with Gasteiger partial charge in [0, 0.05) is 0 Å². The minimum atomic E-state index is -4.42. The minimum Gasteiger partial charge on any atom is -0.291 e. The van der Waals surface area contributed by atoms with Crippen molar-refractivity contribution >= 4 is 15.2 Å². The minimum absolute atomic E-state index is 2.31. The Morgan fingerprint density at radius 2 is 2.11 bits per heavy atom. The predicted octanol–water partition coefficient (Wildman–Crippen LogP) is 0.381. The molecule has 1 heterocycles. The third-order valence-electron chi connectivity index (χ3n) is 0.673. The summed E-state index contributed by atoms with van der Waals surface area (Å²) in [5.41, 5.74) is 0. The first-order chi connectivity index (χ1) is 3.86. The van der Waals surface area contributed by atoms with Crippen LogP contribution in [0, 0.1) is 0 Å². The number of alkyl halides is 2. The summed E-state index contributed by atoms with van der Waals surface area (Å²) in [5.74, 6) is 0. The van der Waals surface area contributed by atoms with Gasteiger partial charge in [0.1, 0.15) is 0 Å². The zero-order valence-corrected chi connectivity index (χ0v) is 4.62. The van der Waals surface area contributed by atoms with Crippen molar-refractivity contribution in [1.82, 2.24) is 0 Å². The molecule has 54 valence electrons. The molecule has 3 nitrogen and oxygen atoms in total. The van der Waals surface area contributed by atoms with Gasteiger partial charge in [0.05, 0.1) is 0 Å². The van der Waals surface area contributed by atoms with Gasteiger partial charge in [0.2, 0.25) is 10.1 Å². The van der Waals surface area contributed by atoms with Gasteiger partial charge in [-0.1, -0.05) is 0 Å². The number of rotatable bonds is 0. The highest BCUT2D eigenvalue weighted by Crippen LogP contribution is 2.31. The van der Waals surface area contributed by atoms with Crippen LogP contribution in [0.25, 0.3) is 0 Å². The standard InChI is InChI=1S/C2HF3O3S/c3-1-2(4,5)8-9(1,6)7/h(H,6,7). The van der Waals surface area contributed by atoms with Crippen LogP contribution in [-0.2, 0) is 14.3 Å². The van der Waals surface area contributed by atoms with Crippen molar-refractivity contribution in [2.45, 2.75) is 6.11 Å². The first-order valence-electron chi connectivity index (χ1n) is 1.74. The van der Waals surface area contributed by atoms with E-state index in [0.717, 1.165) is 0 Å². The SMILES string of the molecule is O=S1(O)=C(F)C(F)(F)O1. The molecule has 0 bridgehead atoms. The molecule has 1 N–H and O–H groups in total. The normalized spacial score (nSPS) is 40.2. The second-order valence-corrected chi connectivity index (χ2v) is 2.82. The van der Waals surface area contributed by atoms with Gasteiger partial charge < -0.3 is 0 Å². The lowest BCUT2D eigenvalue weighted by molar-refractivity contribution is -0.130. The van der Waals surface area contributed by atoms with Crippen LogP contribution in [0.1, 0.15) is 0 Å². The van der Waals surface area contributed by atoms with E-state index >= 15 is 0 Å². The summed E-state index contributed by atoms with van der Waals surface area (Å²) in [7, 11) is -4.42. The fraction of sp³-hybridized carbons (Fsp3) is 0.500. The van der Waals surface area contributed by atoms with Crippen LogP contribution >= 0.6 is 0 Å². The van der Waals surface area contributed by atoms with E-state index < -0.39 is 21.3 Å². The van der Waals surface area contributed by atoms with Gasteiger partial charge in [0.25, 0.3) is 0 Å². The van der Waals surface area contributed by atoms with Gasteiger partial charge in [-0.15, -0.1) is 0 Å². The number of halogens is 3. The molecule has 1 rings (SSSR count). The van der Waals surface area contributed by atoms with Crippen LogP contribution in [0.4, 0.5) is 13.2 Å². The van der Waals surface area contributed by atoms with Gasteiger partial charge in [-0.3, -0.25) is 4.55 Å². The third kappa shape index (κ3) is 0.807. The Morgan fingerprint density at radius 3 is 2.11 bits per heavy atom. The topological polar surface area (TPSA) is 46.5 Å². The van der Waals surface area contributed by atoms with Crippen molar-refractivity contribution in [3.05, 3.63) is 0 Å². The molecule has 0 fully saturated rings. The van der Waals surface area contributed by atoms with Gasteiger partial charge in [-0.2, -0.15) is 17.4 Å². The van der Waals surface area contributed by atoms with Gasteiger partial charge >= 0.3 is 11.2 Å². The summed E-state index contributed by atoms with van der Waals surface area (Å²) >= 11 is 0. The molecule has 0 saturated heterocycles. The summed E-state index contributed by atoms with van der Waals surface area (Å²) in [5, 5.41) is -2.31. The molecule has 1 aliphatic rings. The maximum Gasteiger partial charge on any atom is 0.435 e. The molecular weight excluding hydrogens is 161 g/mol. The van der Waals surface area contributed by atoms with Crippen LogP contribution in [0.3, 0.4) is 0 Å². The summed E-state index contributed by atoms with van der Waals surface area (Å²) in [6.45, 7) is 0. The van der Waals surface area contributed by atoms with Crippen LogP contribution in [0.5, 0.6) is 0 Å². The second kappa shape index (κ2) is 1.41. The first kappa shape index (κ1) is 6.84.